The fourth-order valence-corrected chi connectivity index (χ4v) is 2.76. The molecule has 3 N–H and O–H groups in total. The van der Waals surface area contributed by atoms with Gasteiger partial charge in [0.25, 0.3) is 0 Å². The standard InChI is InChI=1S/C16H25N3O/c1-12-6-7-13(2)19(10-12)11-16(20)18-15-5-3-4-14(8-15)9-17/h3-5,8,12-13H,6-7,9-11,17H2,1-2H3,(H,18,20). The molecule has 2 unspecified atom stereocenters. The molecule has 1 saturated heterocycles. The summed E-state index contributed by atoms with van der Waals surface area (Å²) in [6, 6.07) is 8.21. The van der Waals surface area contributed by atoms with Gasteiger partial charge in [0.15, 0.2) is 0 Å². The van der Waals surface area contributed by atoms with Crippen LogP contribution in [0.15, 0.2) is 24.3 Å². The molecule has 1 amide bonds. The topological polar surface area (TPSA) is 58.4 Å². The third kappa shape index (κ3) is 4.05. The van der Waals surface area contributed by atoms with Crippen molar-refractivity contribution in [3.05, 3.63) is 29.8 Å². The van der Waals surface area contributed by atoms with Gasteiger partial charge in [-0.25, -0.2) is 0 Å². The summed E-state index contributed by atoms with van der Waals surface area (Å²) < 4.78 is 0. The second kappa shape index (κ2) is 6.86. The summed E-state index contributed by atoms with van der Waals surface area (Å²) in [5, 5.41) is 2.96. The molecule has 1 aliphatic rings. The molecule has 1 aromatic rings. The maximum atomic E-state index is 12.1. The zero-order chi connectivity index (χ0) is 14.5. The number of nitrogens with two attached hydrogens (primary N) is 1. The molecule has 0 aliphatic carbocycles. The number of amides is 1. The molecule has 2 atom stereocenters. The summed E-state index contributed by atoms with van der Waals surface area (Å²) in [6.45, 7) is 6.43. The zero-order valence-corrected chi connectivity index (χ0v) is 12.4. The zero-order valence-electron chi connectivity index (χ0n) is 12.4. The number of carbonyl (C=O) groups is 1. The van der Waals surface area contributed by atoms with Crippen LogP contribution in [-0.2, 0) is 11.3 Å². The highest BCUT2D eigenvalue weighted by molar-refractivity contribution is 5.92. The van der Waals surface area contributed by atoms with Crippen LogP contribution in [0, 0.1) is 5.92 Å². The van der Waals surface area contributed by atoms with Crippen molar-refractivity contribution in [2.75, 3.05) is 18.4 Å². The first kappa shape index (κ1) is 15.0. The van der Waals surface area contributed by atoms with Gasteiger partial charge in [-0.05, 0) is 43.4 Å². The first-order valence-corrected chi connectivity index (χ1v) is 7.41. The minimum Gasteiger partial charge on any atom is -0.326 e. The van der Waals surface area contributed by atoms with Crippen LogP contribution in [0.25, 0.3) is 0 Å². The van der Waals surface area contributed by atoms with E-state index < -0.39 is 0 Å². The van der Waals surface area contributed by atoms with E-state index in [0.29, 0.717) is 25.0 Å². The summed E-state index contributed by atoms with van der Waals surface area (Å²) >= 11 is 0. The lowest BCUT2D eigenvalue weighted by molar-refractivity contribution is -0.118. The van der Waals surface area contributed by atoms with Crippen molar-refractivity contribution in [3.8, 4) is 0 Å². The molecule has 0 saturated carbocycles. The number of rotatable bonds is 4. The van der Waals surface area contributed by atoms with Gasteiger partial charge in [-0.2, -0.15) is 0 Å². The van der Waals surface area contributed by atoms with E-state index in [-0.39, 0.29) is 5.91 Å². The van der Waals surface area contributed by atoms with Crippen LogP contribution in [0.3, 0.4) is 0 Å². The van der Waals surface area contributed by atoms with E-state index in [1.165, 1.54) is 12.8 Å². The van der Waals surface area contributed by atoms with Gasteiger partial charge in [-0.15, -0.1) is 0 Å². The van der Waals surface area contributed by atoms with E-state index >= 15 is 0 Å². The predicted octanol–water partition coefficient (Wildman–Crippen LogP) is 2.20. The van der Waals surface area contributed by atoms with Gasteiger partial charge in [0.2, 0.25) is 5.91 Å². The van der Waals surface area contributed by atoms with Gasteiger partial charge in [0.05, 0.1) is 6.54 Å². The molecule has 0 bridgehead atoms. The SMILES string of the molecule is CC1CCC(C)N(CC(=O)Nc2cccc(CN)c2)C1. The van der Waals surface area contributed by atoms with E-state index in [0.717, 1.165) is 17.8 Å². The monoisotopic (exact) mass is 275 g/mol. The van der Waals surface area contributed by atoms with Crippen LogP contribution in [0.4, 0.5) is 5.69 Å². The lowest BCUT2D eigenvalue weighted by Gasteiger charge is -2.36. The van der Waals surface area contributed by atoms with Gasteiger partial charge in [0, 0.05) is 24.8 Å². The first-order chi connectivity index (χ1) is 9.58. The molecule has 20 heavy (non-hydrogen) atoms. The number of hydrogen-bond donors (Lipinski definition) is 2. The quantitative estimate of drug-likeness (QED) is 0.885. The Morgan fingerprint density at radius 1 is 1.40 bits per heavy atom. The van der Waals surface area contributed by atoms with Crippen molar-refractivity contribution in [3.63, 3.8) is 0 Å². The lowest BCUT2D eigenvalue weighted by Crippen LogP contribution is -2.45. The minimum absolute atomic E-state index is 0.0557. The molecule has 0 spiro atoms. The van der Waals surface area contributed by atoms with Crippen LogP contribution in [-0.4, -0.2) is 29.9 Å². The second-order valence-corrected chi connectivity index (χ2v) is 5.91. The molecule has 1 fully saturated rings. The van der Waals surface area contributed by atoms with Crippen molar-refractivity contribution in [1.82, 2.24) is 4.90 Å². The summed E-state index contributed by atoms with van der Waals surface area (Å²) in [4.78, 5) is 14.4. The molecule has 4 heteroatoms. The molecule has 1 heterocycles. The Labute approximate surface area is 121 Å². The lowest BCUT2D eigenvalue weighted by atomic mass is 9.95. The number of anilines is 1. The minimum atomic E-state index is 0.0557. The maximum Gasteiger partial charge on any atom is 0.238 e. The molecule has 1 aliphatic heterocycles. The highest BCUT2D eigenvalue weighted by atomic mass is 16.2. The summed E-state index contributed by atoms with van der Waals surface area (Å²) in [5.74, 6) is 0.736. The van der Waals surface area contributed by atoms with Crippen molar-refractivity contribution in [2.24, 2.45) is 11.7 Å². The van der Waals surface area contributed by atoms with Crippen LogP contribution in [0.1, 0.15) is 32.3 Å². The third-order valence-electron chi connectivity index (χ3n) is 4.04. The number of benzene rings is 1. The van der Waals surface area contributed by atoms with E-state index in [9.17, 15) is 4.79 Å². The van der Waals surface area contributed by atoms with Gasteiger partial charge in [-0.3, -0.25) is 9.69 Å². The molecule has 0 radical (unpaired) electrons. The maximum absolute atomic E-state index is 12.1. The normalized spacial score (nSPS) is 23.6. The van der Waals surface area contributed by atoms with Crippen LogP contribution >= 0.6 is 0 Å². The van der Waals surface area contributed by atoms with Crippen LogP contribution < -0.4 is 11.1 Å². The highest BCUT2D eigenvalue weighted by Crippen LogP contribution is 2.21. The number of piperidine rings is 1. The highest BCUT2D eigenvalue weighted by Gasteiger charge is 2.24. The molecule has 4 nitrogen and oxygen atoms in total. The molecule has 0 aromatic heterocycles. The number of nitrogens with zero attached hydrogens (tertiary/aromatic N) is 1. The van der Waals surface area contributed by atoms with Crippen molar-refractivity contribution in [1.29, 1.82) is 0 Å². The number of likely N-dealkylation sites (tertiary alicyclic amines) is 1. The number of nitrogens with one attached hydrogen (secondary N) is 1. The van der Waals surface area contributed by atoms with Gasteiger partial charge >= 0.3 is 0 Å². The van der Waals surface area contributed by atoms with Crippen molar-refractivity contribution < 1.29 is 4.79 Å². The predicted molar refractivity (Wildman–Crippen MR) is 82.4 cm³/mol. The summed E-state index contributed by atoms with van der Waals surface area (Å²) in [7, 11) is 0. The summed E-state index contributed by atoms with van der Waals surface area (Å²) in [5.41, 5.74) is 7.47. The first-order valence-electron chi connectivity index (χ1n) is 7.41. The third-order valence-corrected chi connectivity index (χ3v) is 4.04. The Morgan fingerprint density at radius 2 is 2.20 bits per heavy atom. The van der Waals surface area contributed by atoms with E-state index in [1.54, 1.807) is 0 Å². The van der Waals surface area contributed by atoms with Gasteiger partial charge < -0.3 is 11.1 Å². The number of hydrogen-bond acceptors (Lipinski definition) is 3. The molecular weight excluding hydrogens is 250 g/mol. The molecular formula is C16H25N3O. The van der Waals surface area contributed by atoms with Crippen LogP contribution in [0.2, 0.25) is 0 Å². The molecule has 2 rings (SSSR count). The van der Waals surface area contributed by atoms with E-state index in [4.69, 9.17) is 5.73 Å². The van der Waals surface area contributed by atoms with Crippen molar-refractivity contribution in [2.45, 2.75) is 39.3 Å². The Hall–Kier alpha value is -1.39. The molecule has 110 valence electrons. The Balaban J connectivity index is 1.91. The number of carbonyl (C=O) groups excluding carboxylic acids is 1. The largest absolute Gasteiger partial charge is 0.326 e. The second-order valence-electron chi connectivity index (χ2n) is 5.91. The molecule has 1 aromatic carbocycles. The van der Waals surface area contributed by atoms with Crippen LogP contribution in [0.5, 0.6) is 0 Å². The smallest absolute Gasteiger partial charge is 0.238 e. The van der Waals surface area contributed by atoms with E-state index in [1.807, 2.05) is 24.3 Å². The van der Waals surface area contributed by atoms with Gasteiger partial charge in [0.1, 0.15) is 0 Å². The van der Waals surface area contributed by atoms with Gasteiger partial charge in [-0.1, -0.05) is 19.1 Å². The summed E-state index contributed by atoms with van der Waals surface area (Å²) in [6.07, 6.45) is 2.44. The fourth-order valence-electron chi connectivity index (χ4n) is 2.76. The van der Waals surface area contributed by atoms with Crippen molar-refractivity contribution >= 4 is 11.6 Å². The average Bonchev–Trinajstić information content (AvgIpc) is 2.43. The average molecular weight is 275 g/mol. The fraction of sp³-hybridized carbons (Fsp3) is 0.562. The van der Waals surface area contributed by atoms with E-state index in [2.05, 4.69) is 24.1 Å². The Bertz CT molecular complexity index is 461. The Morgan fingerprint density at radius 3 is 2.95 bits per heavy atom. The Kier molecular flexibility index (Phi) is 5.15.